The number of pyridine rings is 1. The summed E-state index contributed by atoms with van der Waals surface area (Å²) in [4.78, 5) is 28.0. The van der Waals surface area contributed by atoms with Crippen molar-refractivity contribution >= 4 is 49.5 Å². The lowest BCUT2D eigenvalue weighted by molar-refractivity contribution is -0.116. The van der Waals surface area contributed by atoms with Gasteiger partial charge in [-0.05, 0) is 35.9 Å². The van der Waals surface area contributed by atoms with Crippen LogP contribution in [0.1, 0.15) is 5.56 Å². The number of H-pyrrole nitrogens is 1. The molecule has 2 heterocycles. The number of Topliss-reactive ketones (excluding diaryl/α,β-unsaturated/α-hetero) is 1. The molecular formula is C22H15ClFNO4S2. The first-order valence-corrected chi connectivity index (χ1v) is 12.0. The summed E-state index contributed by atoms with van der Waals surface area (Å²) in [6, 6.07) is 13.8. The van der Waals surface area contributed by atoms with Crippen LogP contribution in [0.25, 0.3) is 22.0 Å². The van der Waals surface area contributed by atoms with Crippen LogP contribution in [0.2, 0.25) is 4.34 Å². The van der Waals surface area contributed by atoms with Gasteiger partial charge in [-0.1, -0.05) is 35.9 Å². The molecule has 2 aromatic carbocycles. The number of nitrogens with one attached hydrogen (secondary N) is 1. The highest BCUT2D eigenvalue weighted by molar-refractivity contribution is 7.94. The molecule has 0 saturated carbocycles. The summed E-state index contributed by atoms with van der Waals surface area (Å²) in [5.74, 6) is -1.93. The fraction of sp³-hybridized carbons (Fsp3) is 0.0909. The quantitative estimate of drug-likeness (QED) is 0.440. The molecule has 0 bridgehead atoms. The van der Waals surface area contributed by atoms with E-state index in [1.54, 1.807) is 24.3 Å². The maximum absolute atomic E-state index is 14.8. The lowest BCUT2D eigenvalue weighted by atomic mass is 10.0. The number of halogens is 2. The van der Waals surface area contributed by atoms with E-state index in [1.165, 1.54) is 30.5 Å². The second-order valence-electron chi connectivity index (χ2n) is 6.92. The highest BCUT2D eigenvalue weighted by Crippen LogP contribution is 2.27. The predicted molar refractivity (Wildman–Crippen MR) is 120 cm³/mol. The number of rotatable bonds is 6. The number of thiophene rings is 1. The molecule has 5 nitrogen and oxygen atoms in total. The second-order valence-corrected chi connectivity index (χ2v) is 10.9. The molecule has 4 aromatic rings. The van der Waals surface area contributed by atoms with Gasteiger partial charge < -0.3 is 4.98 Å². The summed E-state index contributed by atoms with van der Waals surface area (Å²) in [5.41, 5.74) is 0.933. The summed E-state index contributed by atoms with van der Waals surface area (Å²) in [6.07, 6.45) is 1.20. The smallest absolute Gasteiger partial charge is 0.197 e. The van der Waals surface area contributed by atoms with Crippen molar-refractivity contribution in [1.82, 2.24) is 4.98 Å². The van der Waals surface area contributed by atoms with E-state index in [2.05, 4.69) is 4.98 Å². The van der Waals surface area contributed by atoms with E-state index in [0.29, 0.717) is 20.8 Å². The van der Waals surface area contributed by atoms with Crippen molar-refractivity contribution in [3.05, 3.63) is 86.7 Å². The van der Waals surface area contributed by atoms with Crippen molar-refractivity contribution in [2.24, 2.45) is 0 Å². The van der Waals surface area contributed by atoms with E-state index >= 15 is 0 Å². The molecular weight excluding hydrogens is 461 g/mol. The molecule has 0 amide bonds. The van der Waals surface area contributed by atoms with Gasteiger partial charge in [-0.2, -0.15) is 0 Å². The van der Waals surface area contributed by atoms with Crippen LogP contribution in [0.3, 0.4) is 0 Å². The zero-order chi connectivity index (χ0) is 22.2. The standard InChI is InChI=1S/C22H15ClFNO4S2/c23-20-7-8-21(30-20)31(28,29)12-14(26)9-13-5-6-15(18(24)10-13)17-11-25-19-4-2-1-3-16(19)22(17)27/h1-8,10-11H,9,12H2,(H,25,27). The zero-order valence-electron chi connectivity index (χ0n) is 15.9. The average molecular weight is 476 g/mol. The number of aromatic amines is 1. The molecule has 0 atom stereocenters. The number of hydrogen-bond donors (Lipinski definition) is 1. The van der Waals surface area contributed by atoms with Gasteiger partial charge in [0, 0.05) is 34.6 Å². The van der Waals surface area contributed by atoms with Crippen LogP contribution in [0.4, 0.5) is 4.39 Å². The van der Waals surface area contributed by atoms with Crippen molar-refractivity contribution in [3.63, 3.8) is 0 Å². The minimum absolute atomic E-state index is 0.0166. The van der Waals surface area contributed by atoms with Crippen molar-refractivity contribution in [3.8, 4) is 11.1 Å². The number of carbonyl (C=O) groups excluding carboxylic acids is 1. The Morgan fingerprint density at radius 3 is 2.55 bits per heavy atom. The molecule has 31 heavy (non-hydrogen) atoms. The largest absolute Gasteiger partial charge is 0.360 e. The first-order valence-electron chi connectivity index (χ1n) is 9.13. The minimum atomic E-state index is -3.80. The van der Waals surface area contributed by atoms with Gasteiger partial charge in [-0.3, -0.25) is 9.59 Å². The predicted octanol–water partition coefficient (Wildman–Crippen LogP) is 4.63. The van der Waals surface area contributed by atoms with Crippen LogP contribution in [0, 0.1) is 5.82 Å². The summed E-state index contributed by atoms with van der Waals surface area (Å²) < 4.78 is 39.7. The fourth-order valence-corrected chi connectivity index (χ4v) is 6.09. The van der Waals surface area contributed by atoms with Gasteiger partial charge in [-0.15, -0.1) is 11.3 Å². The Bertz CT molecular complexity index is 1470. The number of aromatic nitrogens is 1. The number of benzene rings is 2. The normalized spacial score (nSPS) is 11.7. The fourth-order valence-electron chi connectivity index (χ4n) is 3.28. The summed E-state index contributed by atoms with van der Waals surface area (Å²) in [5, 5.41) is 0.442. The highest BCUT2D eigenvalue weighted by atomic mass is 35.5. The van der Waals surface area contributed by atoms with Gasteiger partial charge >= 0.3 is 0 Å². The lowest BCUT2D eigenvalue weighted by Crippen LogP contribution is -2.17. The Hall–Kier alpha value is -2.81. The minimum Gasteiger partial charge on any atom is -0.360 e. The van der Waals surface area contributed by atoms with Crippen molar-refractivity contribution in [2.75, 3.05) is 5.75 Å². The van der Waals surface area contributed by atoms with Crippen LogP contribution in [0.5, 0.6) is 0 Å². The number of hydrogen-bond acceptors (Lipinski definition) is 5. The first kappa shape index (κ1) is 21.4. The molecule has 0 radical (unpaired) electrons. The number of carbonyl (C=O) groups is 1. The lowest BCUT2D eigenvalue weighted by Gasteiger charge is -2.07. The van der Waals surface area contributed by atoms with Crippen molar-refractivity contribution in [2.45, 2.75) is 10.6 Å². The van der Waals surface area contributed by atoms with Crippen LogP contribution < -0.4 is 5.43 Å². The Morgan fingerprint density at radius 2 is 1.84 bits per heavy atom. The van der Waals surface area contributed by atoms with Gasteiger partial charge in [0.15, 0.2) is 21.0 Å². The van der Waals surface area contributed by atoms with E-state index in [-0.39, 0.29) is 27.2 Å². The van der Waals surface area contributed by atoms with E-state index in [1.807, 2.05) is 0 Å². The Kier molecular flexibility index (Phi) is 5.79. The van der Waals surface area contributed by atoms with Crippen molar-refractivity contribution < 1.29 is 17.6 Å². The van der Waals surface area contributed by atoms with Crippen LogP contribution >= 0.6 is 22.9 Å². The first-order chi connectivity index (χ1) is 14.7. The molecule has 9 heteroatoms. The summed E-state index contributed by atoms with van der Waals surface area (Å²) in [7, 11) is -3.80. The van der Waals surface area contributed by atoms with E-state index in [9.17, 15) is 22.4 Å². The number of ketones is 1. The van der Waals surface area contributed by atoms with E-state index in [0.717, 1.165) is 17.4 Å². The molecule has 0 aliphatic rings. The third-order valence-electron chi connectivity index (χ3n) is 4.72. The zero-order valence-corrected chi connectivity index (χ0v) is 18.3. The molecule has 0 unspecified atom stereocenters. The topological polar surface area (TPSA) is 84.1 Å². The maximum Gasteiger partial charge on any atom is 0.197 e. The van der Waals surface area contributed by atoms with E-state index in [4.69, 9.17) is 11.6 Å². The molecule has 158 valence electrons. The van der Waals surface area contributed by atoms with Gasteiger partial charge in [0.05, 0.1) is 4.34 Å². The molecule has 2 aromatic heterocycles. The van der Waals surface area contributed by atoms with Crippen LogP contribution in [-0.2, 0) is 21.1 Å². The summed E-state index contributed by atoms with van der Waals surface area (Å²) in [6.45, 7) is 0. The third-order valence-corrected chi connectivity index (χ3v) is 8.21. The maximum atomic E-state index is 14.8. The Labute approximate surface area is 186 Å². The van der Waals surface area contributed by atoms with Gasteiger partial charge in [-0.25, -0.2) is 12.8 Å². The molecule has 0 aliphatic carbocycles. The Balaban J connectivity index is 1.56. The average Bonchev–Trinajstić information content (AvgIpc) is 3.16. The Morgan fingerprint density at radius 1 is 1.06 bits per heavy atom. The third kappa shape index (κ3) is 4.46. The monoisotopic (exact) mass is 475 g/mol. The van der Waals surface area contributed by atoms with Crippen LogP contribution in [-0.4, -0.2) is 24.9 Å². The summed E-state index contributed by atoms with van der Waals surface area (Å²) >= 11 is 6.64. The number of fused-ring (bicyclic) bond motifs is 1. The molecule has 0 spiro atoms. The highest BCUT2D eigenvalue weighted by Gasteiger charge is 2.22. The SMILES string of the molecule is O=C(Cc1ccc(-c2c[nH]c3ccccc3c2=O)c(F)c1)CS(=O)(=O)c1ccc(Cl)s1. The molecule has 0 fully saturated rings. The number of sulfone groups is 1. The van der Waals surface area contributed by atoms with Gasteiger partial charge in [0.2, 0.25) is 0 Å². The second kappa shape index (κ2) is 8.37. The molecule has 0 aliphatic heterocycles. The van der Waals surface area contributed by atoms with Crippen LogP contribution in [0.15, 0.2) is 69.8 Å². The van der Waals surface area contributed by atoms with Crippen molar-refractivity contribution in [1.29, 1.82) is 0 Å². The van der Waals surface area contributed by atoms with Gasteiger partial charge in [0.25, 0.3) is 0 Å². The number of para-hydroxylation sites is 1. The van der Waals surface area contributed by atoms with Gasteiger partial charge in [0.1, 0.15) is 15.8 Å². The molecule has 1 N–H and O–H groups in total. The molecule has 4 rings (SSSR count). The van der Waals surface area contributed by atoms with E-state index < -0.39 is 27.2 Å². The molecule has 0 saturated heterocycles.